The number of carbonyl (C=O) groups excluding carboxylic acids is 1. The Morgan fingerprint density at radius 2 is 1.75 bits per heavy atom. The maximum Gasteiger partial charge on any atom is 0.170 e. The SMILES string of the molecule is COc1ccc(CC(=O)c2ccccc2OC)cc1Br. The molecule has 0 spiro atoms. The lowest BCUT2D eigenvalue weighted by atomic mass is 10.0. The summed E-state index contributed by atoms with van der Waals surface area (Å²) in [6, 6.07) is 12.9. The molecule has 2 aromatic carbocycles. The van der Waals surface area contributed by atoms with Crippen molar-refractivity contribution in [3.05, 3.63) is 58.1 Å². The summed E-state index contributed by atoms with van der Waals surface area (Å²) in [7, 11) is 3.18. The third-order valence-electron chi connectivity index (χ3n) is 2.99. The molecule has 0 N–H and O–H groups in total. The molecule has 2 aromatic rings. The van der Waals surface area contributed by atoms with Gasteiger partial charge >= 0.3 is 0 Å². The van der Waals surface area contributed by atoms with Crippen LogP contribution in [0.15, 0.2) is 46.9 Å². The van der Waals surface area contributed by atoms with Gasteiger partial charge < -0.3 is 9.47 Å². The van der Waals surface area contributed by atoms with Crippen molar-refractivity contribution in [3.8, 4) is 11.5 Å². The Hall–Kier alpha value is -1.81. The van der Waals surface area contributed by atoms with Crippen LogP contribution >= 0.6 is 15.9 Å². The molecule has 0 saturated heterocycles. The highest BCUT2D eigenvalue weighted by molar-refractivity contribution is 9.10. The van der Waals surface area contributed by atoms with Crippen LogP contribution in [0, 0.1) is 0 Å². The number of hydrogen-bond donors (Lipinski definition) is 0. The molecule has 0 aliphatic heterocycles. The van der Waals surface area contributed by atoms with Crippen LogP contribution in [0.1, 0.15) is 15.9 Å². The molecule has 0 aliphatic carbocycles. The highest BCUT2D eigenvalue weighted by atomic mass is 79.9. The maximum atomic E-state index is 12.3. The molecule has 2 rings (SSSR count). The number of hydrogen-bond acceptors (Lipinski definition) is 3. The van der Waals surface area contributed by atoms with E-state index in [9.17, 15) is 4.79 Å². The van der Waals surface area contributed by atoms with Gasteiger partial charge in [0.2, 0.25) is 0 Å². The number of ether oxygens (including phenoxy) is 2. The van der Waals surface area contributed by atoms with Crippen LogP contribution in [0.4, 0.5) is 0 Å². The average Bonchev–Trinajstić information content (AvgIpc) is 2.47. The monoisotopic (exact) mass is 334 g/mol. The van der Waals surface area contributed by atoms with Crippen molar-refractivity contribution in [2.75, 3.05) is 14.2 Å². The highest BCUT2D eigenvalue weighted by Gasteiger charge is 2.13. The van der Waals surface area contributed by atoms with Crippen molar-refractivity contribution in [2.45, 2.75) is 6.42 Å². The topological polar surface area (TPSA) is 35.5 Å². The Kier molecular flexibility index (Phi) is 4.79. The third-order valence-corrected chi connectivity index (χ3v) is 3.61. The second-order valence-electron chi connectivity index (χ2n) is 4.27. The van der Waals surface area contributed by atoms with E-state index in [0.29, 0.717) is 17.7 Å². The van der Waals surface area contributed by atoms with Gasteiger partial charge in [0.25, 0.3) is 0 Å². The van der Waals surface area contributed by atoms with E-state index in [-0.39, 0.29) is 5.78 Å². The Bertz CT molecular complexity index is 623. The van der Waals surface area contributed by atoms with Crippen LogP contribution in [-0.4, -0.2) is 20.0 Å². The van der Waals surface area contributed by atoms with E-state index < -0.39 is 0 Å². The van der Waals surface area contributed by atoms with E-state index in [4.69, 9.17) is 9.47 Å². The first-order valence-corrected chi connectivity index (χ1v) is 6.93. The molecule has 0 aliphatic rings. The van der Waals surface area contributed by atoms with E-state index in [1.807, 2.05) is 30.3 Å². The van der Waals surface area contributed by atoms with Gasteiger partial charge in [0, 0.05) is 6.42 Å². The number of rotatable bonds is 5. The van der Waals surface area contributed by atoms with E-state index in [1.165, 1.54) is 0 Å². The van der Waals surface area contributed by atoms with Gasteiger partial charge in [-0.25, -0.2) is 0 Å². The largest absolute Gasteiger partial charge is 0.496 e. The van der Waals surface area contributed by atoms with Crippen LogP contribution in [0.25, 0.3) is 0 Å². The zero-order valence-electron chi connectivity index (χ0n) is 11.4. The molecule has 104 valence electrons. The lowest BCUT2D eigenvalue weighted by Crippen LogP contribution is -2.05. The Balaban J connectivity index is 2.21. The zero-order chi connectivity index (χ0) is 14.5. The predicted octanol–water partition coefficient (Wildman–Crippen LogP) is 3.89. The van der Waals surface area contributed by atoms with Gasteiger partial charge in [-0.2, -0.15) is 0 Å². The van der Waals surface area contributed by atoms with E-state index in [1.54, 1.807) is 26.4 Å². The first kappa shape index (κ1) is 14.6. The van der Waals surface area contributed by atoms with Gasteiger partial charge in [0.05, 0.1) is 24.3 Å². The molecule has 3 nitrogen and oxygen atoms in total. The highest BCUT2D eigenvalue weighted by Crippen LogP contribution is 2.27. The number of para-hydroxylation sites is 1. The number of benzene rings is 2. The molecule has 0 aromatic heterocycles. The summed E-state index contributed by atoms with van der Waals surface area (Å²) < 4.78 is 11.2. The van der Waals surface area contributed by atoms with Crippen molar-refractivity contribution in [1.29, 1.82) is 0 Å². The van der Waals surface area contributed by atoms with Crippen molar-refractivity contribution in [1.82, 2.24) is 0 Å². The quantitative estimate of drug-likeness (QED) is 0.778. The van der Waals surface area contributed by atoms with Crippen molar-refractivity contribution in [3.63, 3.8) is 0 Å². The van der Waals surface area contributed by atoms with Crippen molar-refractivity contribution >= 4 is 21.7 Å². The lowest BCUT2D eigenvalue weighted by Gasteiger charge is -2.08. The average molecular weight is 335 g/mol. The molecule has 4 heteroatoms. The summed E-state index contributed by atoms with van der Waals surface area (Å²) in [5, 5.41) is 0. The van der Waals surface area contributed by atoms with Crippen LogP contribution in [0.3, 0.4) is 0 Å². The summed E-state index contributed by atoms with van der Waals surface area (Å²) >= 11 is 3.42. The first-order valence-electron chi connectivity index (χ1n) is 6.14. The number of halogens is 1. The fourth-order valence-electron chi connectivity index (χ4n) is 1.98. The van der Waals surface area contributed by atoms with Gasteiger partial charge in [-0.1, -0.05) is 18.2 Å². The fourth-order valence-corrected chi connectivity index (χ4v) is 2.56. The molecule has 0 bridgehead atoms. The molecule has 20 heavy (non-hydrogen) atoms. The van der Waals surface area contributed by atoms with Gasteiger partial charge in [0.1, 0.15) is 11.5 Å². The minimum Gasteiger partial charge on any atom is -0.496 e. The molecular formula is C16H15BrO3. The van der Waals surface area contributed by atoms with Crippen LogP contribution in [0.2, 0.25) is 0 Å². The summed E-state index contributed by atoms with van der Waals surface area (Å²) in [6.07, 6.45) is 0.322. The Labute approximate surface area is 126 Å². The molecular weight excluding hydrogens is 320 g/mol. The molecule has 0 fully saturated rings. The van der Waals surface area contributed by atoms with Gasteiger partial charge in [-0.05, 0) is 45.8 Å². The fraction of sp³-hybridized carbons (Fsp3) is 0.188. The molecule has 0 amide bonds. The summed E-state index contributed by atoms with van der Waals surface area (Å²) in [4.78, 5) is 12.3. The van der Waals surface area contributed by atoms with Gasteiger partial charge in [0.15, 0.2) is 5.78 Å². The van der Waals surface area contributed by atoms with Crippen molar-refractivity contribution in [2.24, 2.45) is 0 Å². The number of ketones is 1. The summed E-state index contributed by atoms with van der Waals surface area (Å²) in [5.41, 5.74) is 1.52. The predicted molar refractivity (Wildman–Crippen MR) is 81.7 cm³/mol. The number of methoxy groups -OCH3 is 2. The number of Topliss-reactive ketones (excluding diaryl/α,β-unsaturated/α-hetero) is 1. The molecule has 0 saturated carbocycles. The minimum absolute atomic E-state index is 0.0273. The molecule has 0 atom stereocenters. The minimum atomic E-state index is 0.0273. The van der Waals surface area contributed by atoms with Gasteiger partial charge in [-0.3, -0.25) is 4.79 Å². The van der Waals surface area contributed by atoms with Crippen LogP contribution < -0.4 is 9.47 Å². The van der Waals surface area contributed by atoms with Gasteiger partial charge in [-0.15, -0.1) is 0 Å². The van der Waals surface area contributed by atoms with Crippen LogP contribution in [0.5, 0.6) is 11.5 Å². The van der Waals surface area contributed by atoms with E-state index >= 15 is 0 Å². The second kappa shape index (κ2) is 6.57. The standard InChI is InChI=1S/C16H15BrO3/c1-19-15-6-4-3-5-12(15)14(18)10-11-7-8-16(20-2)13(17)9-11/h3-9H,10H2,1-2H3. The first-order chi connectivity index (χ1) is 9.65. The van der Waals surface area contributed by atoms with Crippen molar-refractivity contribution < 1.29 is 14.3 Å². The summed E-state index contributed by atoms with van der Waals surface area (Å²) in [6.45, 7) is 0. The maximum absolute atomic E-state index is 12.3. The second-order valence-corrected chi connectivity index (χ2v) is 5.12. The summed E-state index contributed by atoms with van der Waals surface area (Å²) in [5.74, 6) is 1.38. The third kappa shape index (κ3) is 3.20. The molecule has 0 unspecified atom stereocenters. The Morgan fingerprint density at radius 3 is 2.40 bits per heavy atom. The molecule has 0 heterocycles. The van der Waals surface area contributed by atoms with Crippen LogP contribution in [-0.2, 0) is 6.42 Å². The Morgan fingerprint density at radius 1 is 1.05 bits per heavy atom. The van der Waals surface area contributed by atoms with E-state index in [0.717, 1.165) is 15.8 Å². The number of carbonyl (C=O) groups is 1. The normalized spacial score (nSPS) is 10.2. The lowest BCUT2D eigenvalue weighted by molar-refractivity contribution is 0.0990. The van der Waals surface area contributed by atoms with E-state index in [2.05, 4.69) is 15.9 Å². The zero-order valence-corrected chi connectivity index (χ0v) is 12.9. The molecule has 0 radical (unpaired) electrons. The smallest absolute Gasteiger partial charge is 0.170 e.